The first-order valence-electron chi connectivity index (χ1n) is 11.4. The van der Waals surface area contributed by atoms with E-state index < -0.39 is 0 Å². The summed E-state index contributed by atoms with van der Waals surface area (Å²) in [6.45, 7) is 4.96. The van der Waals surface area contributed by atoms with E-state index in [1.165, 1.54) is 0 Å². The average Bonchev–Trinajstić information content (AvgIpc) is 2.84. The lowest BCUT2D eigenvalue weighted by Gasteiger charge is -2.41. The Morgan fingerprint density at radius 1 is 1.03 bits per heavy atom. The van der Waals surface area contributed by atoms with Gasteiger partial charge in [0.05, 0.1) is 22.8 Å². The monoisotopic (exact) mass is 486 g/mol. The van der Waals surface area contributed by atoms with Crippen LogP contribution < -0.4 is 0 Å². The van der Waals surface area contributed by atoms with Crippen LogP contribution >= 0.6 is 23.2 Å². The molecule has 2 heterocycles. The van der Waals surface area contributed by atoms with E-state index in [1.807, 2.05) is 30.0 Å². The lowest BCUT2D eigenvalue weighted by molar-refractivity contribution is -0.138. The van der Waals surface area contributed by atoms with Crippen LogP contribution in [0.1, 0.15) is 42.1 Å². The molecule has 0 N–H and O–H groups in total. The Labute approximate surface area is 204 Å². The molecule has 0 spiro atoms. The van der Waals surface area contributed by atoms with Crippen LogP contribution in [0.2, 0.25) is 10.0 Å². The van der Waals surface area contributed by atoms with Crippen molar-refractivity contribution in [2.75, 3.05) is 32.8 Å². The van der Waals surface area contributed by atoms with Crippen molar-refractivity contribution in [3.05, 3.63) is 75.3 Å². The van der Waals surface area contributed by atoms with Gasteiger partial charge in [0, 0.05) is 37.2 Å². The molecule has 5 nitrogen and oxygen atoms in total. The summed E-state index contributed by atoms with van der Waals surface area (Å²) in [6.07, 6.45) is 2.51. The molecule has 4 rings (SSSR count). The summed E-state index contributed by atoms with van der Waals surface area (Å²) in [4.78, 5) is 30.0. The number of esters is 1. The second-order valence-electron chi connectivity index (χ2n) is 8.41. The van der Waals surface area contributed by atoms with Crippen LogP contribution in [0.15, 0.2) is 54.1 Å². The van der Waals surface area contributed by atoms with Gasteiger partial charge in [0.2, 0.25) is 0 Å². The highest BCUT2D eigenvalue weighted by atomic mass is 35.5. The van der Waals surface area contributed by atoms with E-state index in [4.69, 9.17) is 27.9 Å². The summed E-state index contributed by atoms with van der Waals surface area (Å²) < 4.78 is 5.39. The minimum atomic E-state index is -0.231. The largest absolute Gasteiger partial charge is 0.463 e. The zero-order valence-corrected chi connectivity index (χ0v) is 20.2. The number of likely N-dealkylation sites (tertiary alicyclic amines) is 1. The number of amides is 1. The number of piperidine rings is 1. The molecule has 1 saturated heterocycles. The number of nitrogens with zero attached hydrogens (tertiary/aromatic N) is 2. The molecule has 0 unspecified atom stereocenters. The van der Waals surface area contributed by atoms with Crippen molar-refractivity contribution < 1.29 is 14.3 Å². The number of rotatable bonds is 5. The molecule has 2 aromatic carbocycles. The van der Waals surface area contributed by atoms with Crippen LogP contribution in [0.4, 0.5) is 0 Å². The van der Waals surface area contributed by atoms with Gasteiger partial charge in [0.1, 0.15) is 0 Å². The number of hydrogen-bond acceptors (Lipinski definition) is 4. The molecule has 0 aromatic heterocycles. The molecular weight excluding hydrogens is 459 g/mol. The van der Waals surface area contributed by atoms with Crippen molar-refractivity contribution in [1.29, 1.82) is 0 Å². The first kappa shape index (κ1) is 23.8. The molecule has 0 saturated carbocycles. The van der Waals surface area contributed by atoms with Crippen LogP contribution in [0, 0.1) is 0 Å². The molecule has 2 aromatic rings. The fourth-order valence-corrected chi connectivity index (χ4v) is 5.22. The van der Waals surface area contributed by atoms with Gasteiger partial charge in [0.15, 0.2) is 0 Å². The number of ether oxygens (including phenoxy) is 1. The standard InChI is InChI=1S/C26H28Cl2N2O3/c1-2-33-26(32)23-17-30(15-12-21(23)18-6-4-3-5-7-18)20-10-13-29(14-11-20)25(31)22-9-8-19(27)16-24(22)28/h3-9,16,20H,2,10-15,17H2,1H3. The summed E-state index contributed by atoms with van der Waals surface area (Å²) in [5, 5.41) is 0.893. The zero-order valence-electron chi connectivity index (χ0n) is 18.7. The molecule has 2 aliphatic rings. The van der Waals surface area contributed by atoms with Crippen LogP contribution in [-0.2, 0) is 9.53 Å². The molecule has 33 heavy (non-hydrogen) atoms. The number of benzene rings is 2. The van der Waals surface area contributed by atoms with Gasteiger partial charge in [-0.2, -0.15) is 0 Å². The molecule has 174 valence electrons. The van der Waals surface area contributed by atoms with Crippen molar-refractivity contribution in [2.45, 2.75) is 32.2 Å². The summed E-state index contributed by atoms with van der Waals surface area (Å²) >= 11 is 12.2. The lowest BCUT2D eigenvalue weighted by atomic mass is 9.91. The van der Waals surface area contributed by atoms with Crippen LogP contribution in [0.3, 0.4) is 0 Å². The van der Waals surface area contributed by atoms with Crippen molar-refractivity contribution in [3.8, 4) is 0 Å². The van der Waals surface area contributed by atoms with E-state index in [-0.39, 0.29) is 11.9 Å². The Kier molecular flexibility index (Phi) is 7.74. The van der Waals surface area contributed by atoms with Crippen molar-refractivity contribution in [1.82, 2.24) is 9.80 Å². The number of carbonyl (C=O) groups is 2. The van der Waals surface area contributed by atoms with E-state index in [2.05, 4.69) is 17.0 Å². The predicted molar refractivity (Wildman–Crippen MR) is 132 cm³/mol. The third-order valence-electron chi connectivity index (χ3n) is 6.45. The molecular formula is C26H28Cl2N2O3. The third-order valence-corrected chi connectivity index (χ3v) is 7.00. The highest BCUT2D eigenvalue weighted by Gasteiger charge is 2.33. The smallest absolute Gasteiger partial charge is 0.335 e. The summed E-state index contributed by atoms with van der Waals surface area (Å²) in [6, 6.07) is 15.4. The maximum Gasteiger partial charge on any atom is 0.335 e. The van der Waals surface area contributed by atoms with Gasteiger partial charge < -0.3 is 9.64 Å². The molecule has 7 heteroatoms. The van der Waals surface area contributed by atoms with E-state index in [9.17, 15) is 9.59 Å². The summed E-state index contributed by atoms with van der Waals surface area (Å²) in [7, 11) is 0. The highest BCUT2D eigenvalue weighted by Crippen LogP contribution is 2.31. The van der Waals surface area contributed by atoms with Crippen molar-refractivity contribution >= 4 is 40.7 Å². The first-order valence-corrected chi connectivity index (χ1v) is 12.2. The van der Waals surface area contributed by atoms with E-state index >= 15 is 0 Å². The van der Waals surface area contributed by atoms with Crippen molar-refractivity contribution in [3.63, 3.8) is 0 Å². The fraction of sp³-hybridized carbons (Fsp3) is 0.385. The van der Waals surface area contributed by atoms with Gasteiger partial charge in [-0.15, -0.1) is 0 Å². The molecule has 0 radical (unpaired) electrons. The van der Waals surface area contributed by atoms with Gasteiger partial charge in [-0.05, 0) is 55.5 Å². The Bertz CT molecular complexity index is 1050. The molecule has 0 atom stereocenters. The average molecular weight is 487 g/mol. The number of carbonyl (C=O) groups excluding carboxylic acids is 2. The molecule has 0 aliphatic carbocycles. The number of halogens is 2. The van der Waals surface area contributed by atoms with Crippen LogP contribution in [0.5, 0.6) is 0 Å². The van der Waals surface area contributed by atoms with Gasteiger partial charge in [0.25, 0.3) is 5.91 Å². The Balaban J connectivity index is 1.44. The Morgan fingerprint density at radius 2 is 1.76 bits per heavy atom. The van der Waals surface area contributed by atoms with Crippen LogP contribution in [0.25, 0.3) is 5.57 Å². The van der Waals surface area contributed by atoms with Gasteiger partial charge in [-0.3, -0.25) is 9.69 Å². The van der Waals surface area contributed by atoms with Gasteiger partial charge in [-0.1, -0.05) is 53.5 Å². The van der Waals surface area contributed by atoms with Gasteiger partial charge >= 0.3 is 5.97 Å². The summed E-state index contributed by atoms with van der Waals surface area (Å²) in [5.41, 5.74) is 3.40. The van der Waals surface area contributed by atoms with Crippen LogP contribution in [-0.4, -0.2) is 60.5 Å². The SMILES string of the molecule is CCOC(=O)C1=C(c2ccccc2)CCN(C2CCN(C(=O)c3ccc(Cl)cc3Cl)CC2)C1. The fourth-order valence-electron chi connectivity index (χ4n) is 4.73. The van der Waals surface area contributed by atoms with Gasteiger partial charge in [-0.25, -0.2) is 4.79 Å². The first-order chi connectivity index (χ1) is 16.0. The molecule has 2 aliphatic heterocycles. The normalized spacial score (nSPS) is 17.8. The van der Waals surface area contributed by atoms with E-state index in [0.29, 0.717) is 47.9 Å². The maximum absolute atomic E-state index is 12.9. The highest BCUT2D eigenvalue weighted by molar-refractivity contribution is 6.36. The minimum absolute atomic E-state index is 0.0627. The van der Waals surface area contributed by atoms with Crippen molar-refractivity contribution in [2.24, 2.45) is 0 Å². The quantitative estimate of drug-likeness (QED) is 0.536. The molecule has 1 amide bonds. The molecule has 0 bridgehead atoms. The Morgan fingerprint density at radius 3 is 2.42 bits per heavy atom. The van der Waals surface area contributed by atoms with E-state index in [0.717, 1.165) is 42.5 Å². The zero-order chi connectivity index (χ0) is 23.4. The Hall–Kier alpha value is -2.34. The second kappa shape index (κ2) is 10.7. The minimum Gasteiger partial charge on any atom is -0.463 e. The van der Waals surface area contributed by atoms with E-state index in [1.54, 1.807) is 18.2 Å². The summed E-state index contributed by atoms with van der Waals surface area (Å²) in [5.74, 6) is -0.293. The third kappa shape index (κ3) is 5.43. The second-order valence-corrected chi connectivity index (χ2v) is 9.26. The predicted octanol–water partition coefficient (Wildman–Crippen LogP) is 5.32. The molecule has 1 fully saturated rings. The topological polar surface area (TPSA) is 49.9 Å². The lowest BCUT2D eigenvalue weighted by Crippen LogP contribution is -2.49. The maximum atomic E-state index is 12.9. The number of hydrogen-bond donors (Lipinski definition) is 0.